The summed E-state index contributed by atoms with van der Waals surface area (Å²) in [6.45, 7) is 4.27. The van der Waals surface area contributed by atoms with Crippen molar-refractivity contribution in [3.63, 3.8) is 0 Å². The number of aryl methyl sites for hydroxylation is 2. The van der Waals surface area contributed by atoms with Crippen LogP contribution >= 0.6 is 0 Å². The highest BCUT2D eigenvalue weighted by atomic mass is 16.5. The van der Waals surface area contributed by atoms with Gasteiger partial charge in [0.15, 0.2) is 0 Å². The van der Waals surface area contributed by atoms with Crippen LogP contribution in [0.2, 0.25) is 0 Å². The first-order valence-corrected chi connectivity index (χ1v) is 8.36. The third-order valence-electron chi connectivity index (χ3n) is 3.94. The average molecular weight is 347 g/mol. The van der Waals surface area contributed by atoms with Gasteiger partial charge in [-0.3, -0.25) is 4.79 Å². The van der Waals surface area contributed by atoms with E-state index in [4.69, 9.17) is 10.5 Å². The number of anilines is 1. The van der Waals surface area contributed by atoms with E-state index in [-0.39, 0.29) is 11.7 Å². The van der Waals surface area contributed by atoms with Gasteiger partial charge in [0.1, 0.15) is 17.3 Å². The van der Waals surface area contributed by atoms with Gasteiger partial charge in [0.2, 0.25) is 0 Å². The van der Waals surface area contributed by atoms with Crippen LogP contribution < -0.4 is 15.8 Å². The molecule has 0 aliphatic rings. The number of hydrogen-bond acceptors (Lipinski definition) is 4. The Morgan fingerprint density at radius 1 is 0.962 bits per heavy atom. The summed E-state index contributed by atoms with van der Waals surface area (Å²) in [5, 5.41) is 2.85. The minimum absolute atomic E-state index is 0.240. The molecule has 0 fully saturated rings. The molecule has 5 nitrogen and oxygen atoms in total. The predicted octanol–water partition coefficient (Wildman–Crippen LogP) is 4.00. The highest BCUT2D eigenvalue weighted by molar-refractivity contribution is 5.98. The summed E-state index contributed by atoms with van der Waals surface area (Å²) in [4.78, 5) is 16.3. The average Bonchev–Trinajstić information content (AvgIpc) is 2.63. The minimum Gasteiger partial charge on any atom is -0.457 e. The van der Waals surface area contributed by atoms with Gasteiger partial charge in [-0.2, -0.15) is 0 Å². The molecule has 0 radical (unpaired) electrons. The molecule has 5 heteroatoms. The van der Waals surface area contributed by atoms with Crippen molar-refractivity contribution in [3.8, 4) is 11.5 Å². The molecule has 1 aromatic heterocycles. The number of benzene rings is 2. The number of rotatable bonds is 5. The normalized spacial score (nSPS) is 10.4. The molecule has 0 saturated carbocycles. The van der Waals surface area contributed by atoms with E-state index in [1.165, 1.54) is 5.56 Å². The number of nitrogens with two attached hydrogens (primary N) is 1. The summed E-state index contributed by atoms with van der Waals surface area (Å²) in [6, 6.07) is 18.9. The first-order chi connectivity index (χ1) is 12.5. The number of nitrogens with zero attached hydrogens (tertiary/aromatic N) is 1. The van der Waals surface area contributed by atoms with Gasteiger partial charge in [0, 0.05) is 12.2 Å². The molecule has 1 heterocycles. The number of aromatic nitrogens is 1. The van der Waals surface area contributed by atoms with Gasteiger partial charge in [-0.1, -0.05) is 29.8 Å². The Kier molecular flexibility index (Phi) is 5.17. The van der Waals surface area contributed by atoms with Crippen LogP contribution in [0.15, 0.2) is 60.7 Å². The first-order valence-electron chi connectivity index (χ1n) is 8.36. The van der Waals surface area contributed by atoms with Crippen molar-refractivity contribution in [1.82, 2.24) is 10.3 Å². The lowest BCUT2D eigenvalue weighted by Gasteiger charge is -2.09. The Morgan fingerprint density at radius 2 is 1.58 bits per heavy atom. The summed E-state index contributed by atoms with van der Waals surface area (Å²) in [7, 11) is 0. The zero-order valence-corrected chi connectivity index (χ0v) is 14.8. The molecular weight excluding hydrogens is 326 g/mol. The predicted molar refractivity (Wildman–Crippen MR) is 102 cm³/mol. The van der Waals surface area contributed by atoms with E-state index in [0.29, 0.717) is 12.1 Å². The van der Waals surface area contributed by atoms with E-state index in [1.807, 2.05) is 62.4 Å². The molecule has 132 valence electrons. The molecule has 0 aliphatic heterocycles. The number of carbonyl (C=O) groups is 1. The summed E-state index contributed by atoms with van der Waals surface area (Å²) in [5.41, 5.74) is 9.12. The SMILES string of the molecule is Cc1ccc(Oc2ccc(CNC(=O)c3ccc(C)nc3N)cc2)cc1. The maximum absolute atomic E-state index is 12.2. The lowest BCUT2D eigenvalue weighted by molar-refractivity contribution is 0.0951. The number of pyridine rings is 1. The van der Waals surface area contributed by atoms with Crippen molar-refractivity contribution in [1.29, 1.82) is 0 Å². The van der Waals surface area contributed by atoms with Crippen molar-refractivity contribution in [2.75, 3.05) is 5.73 Å². The van der Waals surface area contributed by atoms with Crippen LogP contribution in [-0.4, -0.2) is 10.9 Å². The smallest absolute Gasteiger partial charge is 0.255 e. The largest absolute Gasteiger partial charge is 0.457 e. The van der Waals surface area contributed by atoms with Crippen LogP contribution in [0.5, 0.6) is 11.5 Å². The lowest BCUT2D eigenvalue weighted by atomic mass is 10.2. The second kappa shape index (κ2) is 7.70. The molecule has 0 saturated heterocycles. The fourth-order valence-electron chi connectivity index (χ4n) is 2.46. The topological polar surface area (TPSA) is 77.2 Å². The number of nitrogen functional groups attached to an aromatic ring is 1. The molecule has 0 bridgehead atoms. The van der Waals surface area contributed by atoms with E-state index in [1.54, 1.807) is 12.1 Å². The van der Waals surface area contributed by atoms with Crippen LogP contribution in [0.1, 0.15) is 27.2 Å². The summed E-state index contributed by atoms with van der Waals surface area (Å²) in [6.07, 6.45) is 0. The van der Waals surface area contributed by atoms with Crippen LogP contribution in [0.3, 0.4) is 0 Å². The summed E-state index contributed by atoms with van der Waals surface area (Å²) >= 11 is 0. The minimum atomic E-state index is -0.241. The van der Waals surface area contributed by atoms with Gasteiger partial charge < -0.3 is 15.8 Å². The number of ether oxygens (including phenoxy) is 1. The highest BCUT2D eigenvalue weighted by Gasteiger charge is 2.10. The highest BCUT2D eigenvalue weighted by Crippen LogP contribution is 2.22. The Hall–Kier alpha value is -3.34. The second-order valence-electron chi connectivity index (χ2n) is 6.13. The molecule has 26 heavy (non-hydrogen) atoms. The summed E-state index contributed by atoms with van der Waals surface area (Å²) in [5.74, 6) is 1.54. The van der Waals surface area contributed by atoms with Crippen molar-refractivity contribution < 1.29 is 9.53 Å². The molecule has 3 rings (SSSR count). The van der Waals surface area contributed by atoms with Gasteiger partial charge in [0.25, 0.3) is 5.91 Å². The molecule has 0 atom stereocenters. The molecular formula is C21H21N3O2. The van der Waals surface area contributed by atoms with E-state index >= 15 is 0 Å². The lowest BCUT2D eigenvalue weighted by Crippen LogP contribution is -2.24. The quantitative estimate of drug-likeness (QED) is 0.731. The molecule has 1 amide bonds. The van der Waals surface area contributed by atoms with Crippen molar-refractivity contribution in [3.05, 3.63) is 83.0 Å². The maximum Gasteiger partial charge on any atom is 0.255 e. The van der Waals surface area contributed by atoms with Crippen LogP contribution in [-0.2, 0) is 6.54 Å². The maximum atomic E-state index is 12.2. The molecule has 3 N–H and O–H groups in total. The van der Waals surface area contributed by atoms with Crippen molar-refractivity contribution in [2.24, 2.45) is 0 Å². The van der Waals surface area contributed by atoms with E-state index < -0.39 is 0 Å². The van der Waals surface area contributed by atoms with Crippen molar-refractivity contribution in [2.45, 2.75) is 20.4 Å². The molecule has 0 unspecified atom stereocenters. The standard InChI is InChI=1S/C21H21N3O2/c1-14-3-8-17(9-4-14)26-18-10-6-16(7-11-18)13-23-21(25)19-12-5-15(2)24-20(19)22/h3-12H,13H2,1-2H3,(H2,22,24)(H,23,25). The molecule has 0 aliphatic carbocycles. The Bertz CT molecular complexity index is 904. The number of nitrogens with one attached hydrogen (secondary N) is 1. The van der Waals surface area contributed by atoms with Crippen LogP contribution in [0, 0.1) is 13.8 Å². The van der Waals surface area contributed by atoms with Gasteiger partial charge >= 0.3 is 0 Å². The number of carbonyl (C=O) groups excluding carboxylic acids is 1. The number of hydrogen-bond donors (Lipinski definition) is 2. The van der Waals surface area contributed by atoms with Crippen LogP contribution in [0.25, 0.3) is 0 Å². The Balaban J connectivity index is 1.58. The van der Waals surface area contributed by atoms with E-state index in [2.05, 4.69) is 10.3 Å². The van der Waals surface area contributed by atoms with Gasteiger partial charge in [-0.25, -0.2) is 4.98 Å². The first kappa shape index (κ1) is 17.5. The van der Waals surface area contributed by atoms with Gasteiger partial charge in [-0.05, 0) is 55.8 Å². The second-order valence-corrected chi connectivity index (χ2v) is 6.13. The zero-order valence-electron chi connectivity index (χ0n) is 14.8. The molecule has 0 spiro atoms. The van der Waals surface area contributed by atoms with E-state index in [9.17, 15) is 4.79 Å². The van der Waals surface area contributed by atoms with Crippen molar-refractivity contribution >= 4 is 11.7 Å². The van der Waals surface area contributed by atoms with Crippen LogP contribution in [0.4, 0.5) is 5.82 Å². The monoisotopic (exact) mass is 347 g/mol. The number of amides is 1. The summed E-state index contributed by atoms with van der Waals surface area (Å²) < 4.78 is 5.80. The molecule has 2 aromatic carbocycles. The van der Waals surface area contributed by atoms with Gasteiger partial charge in [0.05, 0.1) is 5.56 Å². The Labute approximate surface area is 152 Å². The fraction of sp³-hybridized carbons (Fsp3) is 0.143. The molecule has 3 aromatic rings. The zero-order chi connectivity index (χ0) is 18.5. The van der Waals surface area contributed by atoms with Gasteiger partial charge in [-0.15, -0.1) is 0 Å². The fourth-order valence-corrected chi connectivity index (χ4v) is 2.46. The third-order valence-corrected chi connectivity index (χ3v) is 3.94. The Morgan fingerprint density at radius 3 is 2.19 bits per heavy atom. The van der Waals surface area contributed by atoms with E-state index in [0.717, 1.165) is 22.8 Å². The third kappa shape index (κ3) is 4.39.